The highest BCUT2D eigenvalue weighted by molar-refractivity contribution is 5.36. The van der Waals surface area contributed by atoms with Gasteiger partial charge < -0.3 is 5.73 Å². The summed E-state index contributed by atoms with van der Waals surface area (Å²) < 4.78 is 40.7. The third-order valence-electron chi connectivity index (χ3n) is 2.97. The highest BCUT2D eigenvalue weighted by atomic mass is 19.2. The second-order valence-electron chi connectivity index (χ2n) is 4.28. The van der Waals surface area contributed by atoms with E-state index in [-0.39, 0.29) is 5.69 Å². The van der Waals surface area contributed by atoms with E-state index < -0.39 is 17.5 Å². The quantitative estimate of drug-likeness (QED) is 0.867. The van der Waals surface area contributed by atoms with Crippen molar-refractivity contribution >= 4 is 0 Å². The van der Waals surface area contributed by atoms with Gasteiger partial charge in [-0.05, 0) is 31.9 Å². The molecule has 0 atom stereocenters. The van der Waals surface area contributed by atoms with E-state index >= 15 is 0 Å². The summed E-state index contributed by atoms with van der Waals surface area (Å²) >= 11 is 0. The Hall–Kier alpha value is -1.82. The number of halogens is 3. The topological polar surface area (TPSA) is 43.8 Å². The van der Waals surface area contributed by atoms with Gasteiger partial charge in [-0.1, -0.05) is 0 Å². The summed E-state index contributed by atoms with van der Waals surface area (Å²) in [6.45, 7) is 2.35. The lowest BCUT2D eigenvalue weighted by Crippen LogP contribution is -2.04. The Morgan fingerprint density at radius 2 is 1.84 bits per heavy atom. The first kappa shape index (κ1) is 13.6. The molecule has 0 amide bonds. The monoisotopic (exact) mass is 269 g/mol. The molecule has 0 bridgehead atoms. The predicted molar refractivity (Wildman–Crippen MR) is 65.6 cm³/mol. The van der Waals surface area contributed by atoms with Gasteiger partial charge in [0, 0.05) is 17.8 Å². The van der Waals surface area contributed by atoms with E-state index in [1.54, 1.807) is 13.1 Å². The molecule has 102 valence electrons. The average molecular weight is 269 g/mol. The van der Waals surface area contributed by atoms with E-state index in [1.165, 1.54) is 4.68 Å². The third-order valence-corrected chi connectivity index (χ3v) is 2.97. The van der Waals surface area contributed by atoms with Crippen LogP contribution in [-0.2, 0) is 6.42 Å². The fraction of sp³-hybridized carbons (Fsp3) is 0.308. The normalized spacial score (nSPS) is 11.0. The van der Waals surface area contributed by atoms with Crippen molar-refractivity contribution in [2.45, 2.75) is 19.8 Å². The van der Waals surface area contributed by atoms with Gasteiger partial charge >= 0.3 is 0 Å². The van der Waals surface area contributed by atoms with E-state index in [2.05, 4.69) is 5.10 Å². The Kier molecular flexibility index (Phi) is 3.90. The second kappa shape index (κ2) is 5.44. The second-order valence-corrected chi connectivity index (χ2v) is 4.28. The standard InChI is InChI=1S/C13H14F3N3/c1-8-9(3-2-4-17)7-18-19(8)10-5-11(14)13(16)12(15)6-10/h5-7H,2-4,17H2,1H3. The van der Waals surface area contributed by atoms with Crippen molar-refractivity contribution < 1.29 is 13.2 Å². The van der Waals surface area contributed by atoms with Crippen molar-refractivity contribution in [2.24, 2.45) is 5.73 Å². The van der Waals surface area contributed by atoms with Crippen molar-refractivity contribution in [3.05, 3.63) is 47.0 Å². The summed E-state index contributed by atoms with van der Waals surface area (Å²) in [5.41, 5.74) is 7.31. The van der Waals surface area contributed by atoms with Crippen LogP contribution in [0, 0.1) is 24.4 Å². The van der Waals surface area contributed by atoms with Gasteiger partial charge in [-0.3, -0.25) is 0 Å². The maximum Gasteiger partial charge on any atom is 0.194 e. The van der Waals surface area contributed by atoms with Crippen molar-refractivity contribution in [3.8, 4) is 5.69 Å². The fourth-order valence-electron chi connectivity index (χ4n) is 1.91. The molecule has 1 heterocycles. The summed E-state index contributed by atoms with van der Waals surface area (Å²) in [5.74, 6) is -3.93. The molecule has 2 aromatic rings. The molecule has 0 unspecified atom stereocenters. The van der Waals surface area contributed by atoms with Crippen LogP contribution in [0.1, 0.15) is 17.7 Å². The van der Waals surface area contributed by atoms with E-state index in [0.29, 0.717) is 6.54 Å². The van der Waals surface area contributed by atoms with Crippen LogP contribution in [0.4, 0.5) is 13.2 Å². The first-order valence-corrected chi connectivity index (χ1v) is 5.93. The Morgan fingerprint density at radius 1 is 1.21 bits per heavy atom. The van der Waals surface area contributed by atoms with Crippen molar-refractivity contribution in [1.82, 2.24) is 9.78 Å². The van der Waals surface area contributed by atoms with Crippen LogP contribution >= 0.6 is 0 Å². The number of aromatic nitrogens is 2. The summed E-state index contributed by atoms with van der Waals surface area (Å²) in [6.07, 6.45) is 3.18. The zero-order valence-electron chi connectivity index (χ0n) is 10.5. The lowest BCUT2D eigenvalue weighted by atomic mass is 10.1. The van der Waals surface area contributed by atoms with Gasteiger partial charge in [-0.15, -0.1) is 0 Å². The molecular weight excluding hydrogens is 255 g/mol. The number of rotatable bonds is 4. The molecule has 0 fully saturated rings. The summed E-state index contributed by atoms with van der Waals surface area (Å²) in [7, 11) is 0. The average Bonchev–Trinajstić information content (AvgIpc) is 2.74. The van der Waals surface area contributed by atoms with Gasteiger partial charge in [0.05, 0.1) is 11.9 Å². The van der Waals surface area contributed by atoms with Gasteiger partial charge in [0.2, 0.25) is 0 Å². The number of hydrogen-bond donors (Lipinski definition) is 1. The third kappa shape index (κ3) is 2.63. The van der Waals surface area contributed by atoms with Crippen molar-refractivity contribution in [2.75, 3.05) is 6.54 Å². The van der Waals surface area contributed by atoms with Crippen LogP contribution in [0.2, 0.25) is 0 Å². The molecule has 0 aliphatic carbocycles. The van der Waals surface area contributed by atoms with Gasteiger partial charge in [0.15, 0.2) is 17.5 Å². The van der Waals surface area contributed by atoms with E-state index in [0.717, 1.165) is 36.2 Å². The first-order valence-electron chi connectivity index (χ1n) is 5.93. The Labute approximate surface area is 108 Å². The molecule has 0 radical (unpaired) electrons. The minimum Gasteiger partial charge on any atom is -0.330 e. The molecule has 6 heteroatoms. The molecule has 0 aliphatic rings. The smallest absolute Gasteiger partial charge is 0.194 e. The highest BCUT2D eigenvalue weighted by Crippen LogP contribution is 2.19. The molecule has 0 spiro atoms. The molecular formula is C13H14F3N3. The number of aryl methyl sites for hydroxylation is 1. The molecule has 19 heavy (non-hydrogen) atoms. The molecule has 3 nitrogen and oxygen atoms in total. The first-order chi connectivity index (χ1) is 9.04. The van der Waals surface area contributed by atoms with Crippen LogP contribution in [0.3, 0.4) is 0 Å². The molecule has 1 aromatic carbocycles. The van der Waals surface area contributed by atoms with Crippen LogP contribution in [0.25, 0.3) is 5.69 Å². The van der Waals surface area contributed by atoms with Gasteiger partial charge in [-0.25, -0.2) is 17.9 Å². The SMILES string of the molecule is Cc1c(CCCN)cnn1-c1cc(F)c(F)c(F)c1. The molecule has 0 saturated carbocycles. The summed E-state index contributed by atoms with van der Waals surface area (Å²) in [6, 6.07) is 1.84. The molecule has 0 aliphatic heterocycles. The molecule has 2 N–H and O–H groups in total. The van der Waals surface area contributed by atoms with E-state index in [4.69, 9.17) is 5.73 Å². The zero-order chi connectivity index (χ0) is 14.0. The number of hydrogen-bond acceptors (Lipinski definition) is 2. The van der Waals surface area contributed by atoms with Gasteiger partial charge in [-0.2, -0.15) is 5.10 Å². The Morgan fingerprint density at radius 3 is 2.42 bits per heavy atom. The van der Waals surface area contributed by atoms with E-state index in [1.807, 2.05) is 0 Å². The molecule has 2 rings (SSSR count). The predicted octanol–water partition coefficient (Wildman–Crippen LogP) is 2.49. The Balaban J connectivity index is 2.40. The highest BCUT2D eigenvalue weighted by Gasteiger charge is 2.14. The largest absolute Gasteiger partial charge is 0.330 e. The minimum atomic E-state index is -1.48. The Bertz CT molecular complexity index is 570. The number of nitrogens with zero attached hydrogens (tertiary/aromatic N) is 2. The van der Waals surface area contributed by atoms with Crippen LogP contribution < -0.4 is 5.73 Å². The lowest BCUT2D eigenvalue weighted by molar-refractivity contribution is 0.446. The molecule has 1 aromatic heterocycles. The van der Waals surface area contributed by atoms with Gasteiger partial charge in [0.25, 0.3) is 0 Å². The number of benzene rings is 1. The van der Waals surface area contributed by atoms with Crippen molar-refractivity contribution in [3.63, 3.8) is 0 Å². The maximum absolute atomic E-state index is 13.2. The summed E-state index contributed by atoms with van der Waals surface area (Å²) in [4.78, 5) is 0. The fourth-order valence-corrected chi connectivity index (χ4v) is 1.91. The molecule has 0 saturated heterocycles. The lowest BCUT2D eigenvalue weighted by Gasteiger charge is -2.07. The van der Waals surface area contributed by atoms with Crippen LogP contribution in [0.15, 0.2) is 18.3 Å². The van der Waals surface area contributed by atoms with Crippen LogP contribution in [0.5, 0.6) is 0 Å². The van der Waals surface area contributed by atoms with Gasteiger partial charge in [0.1, 0.15) is 0 Å². The maximum atomic E-state index is 13.2. The van der Waals surface area contributed by atoms with E-state index in [9.17, 15) is 13.2 Å². The van der Waals surface area contributed by atoms with Crippen molar-refractivity contribution in [1.29, 1.82) is 0 Å². The zero-order valence-corrected chi connectivity index (χ0v) is 10.5. The minimum absolute atomic E-state index is 0.160. The summed E-state index contributed by atoms with van der Waals surface area (Å²) in [5, 5.41) is 4.07. The van der Waals surface area contributed by atoms with Crippen LogP contribution in [-0.4, -0.2) is 16.3 Å². The number of nitrogens with two attached hydrogens (primary N) is 1.